The number of piperazine rings is 1. The lowest BCUT2D eigenvalue weighted by molar-refractivity contribution is -0.160. The normalized spacial score (nSPS) is 26.3. The summed E-state index contributed by atoms with van der Waals surface area (Å²) in [5.74, 6) is 1.74. The number of rotatable bonds is 3. The molecule has 20 heavy (non-hydrogen) atoms. The van der Waals surface area contributed by atoms with Gasteiger partial charge >= 0.3 is 0 Å². The molecule has 1 aromatic heterocycles. The Kier molecular flexibility index (Phi) is 3.28. The molecule has 0 aromatic carbocycles. The number of hydrogen-bond donors (Lipinski definition) is 0. The maximum Gasteiger partial charge on any atom is 0.246 e. The Morgan fingerprint density at radius 1 is 1.30 bits per heavy atom. The van der Waals surface area contributed by atoms with Gasteiger partial charge in [-0.25, -0.2) is 0 Å². The van der Waals surface area contributed by atoms with Crippen molar-refractivity contribution in [3.8, 4) is 0 Å². The molecule has 2 amide bonds. The Balaban J connectivity index is 1.86. The highest BCUT2D eigenvalue weighted by Gasteiger charge is 2.47. The van der Waals surface area contributed by atoms with Gasteiger partial charge in [0.2, 0.25) is 11.8 Å². The van der Waals surface area contributed by atoms with Crippen molar-refractivity contribution in [3.63, 3.8) is 0 Å². The molecule has 0 bridgehead atoms. The number of nitrogens with zero attached hydrogens (tertiary/aromatic N) is 2. The van der Waals surface area contributed by atoms with Gasteiger partial charge in [0.25, 0.3) is 0 Å². The van der Waals surface area contributed by atoms with E-state index in [-0.39, 0.29) is 23.9 Å². The van der Waals surface area contributed by atoms with E-state index in [1.54, 1.807) is 9.80 Å². The molecule has 3 rings (SSSR count). The van der Waals surface area contributed by atoms with Gasteiger partial charge in [-0.2, -0.15) is 0 Å². The van der Waals surface area contributed by atoms with Crippen LogP contribution in [0.1, 0.15) is 37.7 Å². The van der Waals surface area contributed by atoms with Crippen LogP contribution in [-0.2, 0) is 16.1 Å². The molecule has 0 saturated carbocycles. The van der Waals surface area contributed by atoms with E-state index in [9.17, 15) is 9.59 Å². The van der Waals surface area contributed by atoms with Crippen LogP contribution in [0.15, 0.2) is 16.5 Å². The van der Waals surface area contributed by atoms with E-state index in [4.69, 9.17) is 4.42 Å². The summed E-state index contributed by atoms with van der Waals surface area (Å²) < 4.78 is 5.56. The summed E-state index contributed by atoms with van der Waals surface area (Å²) in [5.41, 5.74) is 0. The van der Waals surface area contributed by atoms with Crippen molar-refractivity contribution < 1.29 is 14.0 Å². The lowest BCUT2D eigenvalue weighted by atomic mass is 10.0. The first kappa shape index (κ1) is 13.2. The molecule has 2 atom stereocenters. The standard InChI is InChI=1S/C15H20N2O3/c1-3-12-14(18)16-8-4-5-13(16)15(19)17(12)9-11-7-6-10(2)20-11/h6-7,12-13H,3-5,8-9H2,1-2H3. The Labute approximate surface area is 118 Å². The van der Waals surface area contributed by atoms with E-state index < -0.39 is 0 Å². The molecule has 5 nitrogen and oxygen atoms in total. The molecule has 5 heteroatoms. The molecular formula is C15H20N2O3. The van der Waals surface area contributed by atoms with E-state index in [1.165, 1.54) is 0 Å². The fourth-order valence-corrected chi connectivity index (χ4v) is 3.28. The largest absolute Gasteiger partial charge is 0.464 e. The van der Waals surface area contributed by atoms with Crippen molar-refractivity contribution in [1.82, 2.24) is 9.80 Å². The maximum atomic E-state index is 12.6. The Bertz CT molecular complexity index is 537. The topological polar surface area (TPSA) is 53.8 Å². The Hall–Kier alpha value is -1.78. The van der Waals surface area contributed by atoms with E-state index in [0.717, 1.165) is 30.9 Å². The summed E-state index contributed by atoms with van der Waals surface area (Å²) in [6.07, 6.45) is 2.36. The molecule has 0 aliphatic carbocycles. The average molecular weight is 276 g/mol. The van der Waals surface area contributed by atoms with E-state index in [2.05, 4.69) is 0 Å². The smallest absolute Gasteiger partial charge is 0.246 e. The maximum absolute atomic E-state index is 12.6. The zero-order chi connectivity index (χ0) is 14.3. The molecular weight excluding hydrogens is 256 g/mol. The van der Waals surface area contributed by atoms with Gasteiger partial charge in [-0.1, -0.05) is 6.92 Å². The van der Waals surface area contributed by atoms with Crippen molar-refractivity contribution in [3.05, 3.63) is 23.7 Å². The second-order valence-corrected chi connectivity index (χ2v) is 5.59. The Morgan fingerprint density at radius 3 is 2.75 bits per heavy atom. The van der Waals surface area contributed by atoms with E-state index in [0.29, 0.717) is 13.0 Å². The van der Waals surface area contributed by atoms with Gasteiger partial charge in [0.15, 0.2) is 0 Å². The number of carbonyl (C=O) groups is 2. The lowest BCUT2D eigenvalue weighted by Gasteiger charge is -2.41. The first-order chi connectivity index (χ1) is 9.61. The molecule has 2 aliphatic heterocycles. The zero-order valence-electron chi connectivity index (χ0n) is 12.0. The summed E-state index contributed by atoms with van der Waals surface area (Å²) in [4.78, 5) is 28.6. The van der Waals surface area contributed by atoms with Crippen LogP contribution in [0.2, 0.25) is 0 Å². The highest BCUT2D eigenvalue weighted by molar-refractivity contribution is 5.97. The third-order valence-corrected chi connectivity index (χ3v) is 4.27. The average Bonchev–Trinajstić information content (AvgIpc) is 3.05. The van der Waals surface area contributed by atoms with Crippen LogP contribution < -0.4 is 0 Å². The minimum absolute atomic E-state index is 0.0722. The number of fused-ring (bicyclic) bond motifs is 1. The van der Waals surface area contributed by atoms with Gasteiger partial charge < -0.3 is 14.2 Å². The highest BCUT2D eigenvalue weighted by Crippen LogP contribution is 2.29. The summed E-state index contributed by atoms with van der Waals surface area (Å²) >= 11 is 0. The predicted octanol–water partition coefficient (Wildman–Crippen LogP) is 1.70. The zero-order valence-corrected chi connectivity index (χ0v) is 12.0. The number of hydrogen-bond acceptors (Lipinski definition) is 3. The Morgan fingerprint density at radius 2 is 2.10 bits per heavy atom. The predicted molar refractivity (Wildman–Crippen MR) is 72.8 cm³/mol. The van der Waals surface area contributed by atoms with Gasteiger partial charge in [0.05, 0.1) is 6.54 Å². The molecule has 2 aliphatic rings. The first-order valence-electron chi connectivity index (χ1n) is 7.28. The van der Waals surface area contributed by atoms with Crippen LogP contribution in [-0.4, -0.2) is 40.2 Å². The van der Waals surface area contributed by atoms with Crippen molar-refractivity contribution >= 4 is 11.8 Å². The van der Waals surface area contributed by atoms with Crippen LogP contribution in [0, 0.1) is 6.92 Å². The quantitative estimate of drug-likeness (QED) is 0.844. The molecule has 3 heterocycles. The molecule has 0 spiro atoms. The van der Waals surface area contributed by atoms with Crippen molar-refractivity contribution in [2.45, 2.75) is 51.7 Å². The monoisotopic (exact) mass is 276 g/mol. The molecule has 108 valence electrons. The summed E-state index contributed by atoms with van der Waals surface area (Å²) in [7, 11) is 0. The first-order valence-corrected chi connectivity index (χ1v) is 7.28. The number of furan rings is 1. The summed E-state index contributed by atoms with van der Waals surface area (Å²) in [5, 5.41) is 0. The SMILES string of the molecule is CCC1C(=O)N2CCCC2C(=O)N1Cc1ccc(C)o1. The van der Waals surface area contributed by atoms with Crippen LogP contribution in [0.3, 0.4) is 0 Å². The minimum Gasteiger partial charge on any atom is -0.464 e. The number of carbonyl (C=O) groups excluding carboxylic acids is 2. The van der Waals surface area contributed by atoms with E-state index in [1.807, 2.05) is 26.0 Å². The number of amides is 2. The lowest BCUT2D eigenvalue weighted by Crippen LogP contribution is -2.62. The van der Waals surface area contributed by atoms with Crippen LogP contribution in [0.4, 0.5) is 0 Å². The van der Waals surface area contributed by atoms with E-state index >= 15 is 0 Å². The molecule has 2 unspecified atom stereocenters. The van der Waals surface area contributed by atoms with Gasteiger partial charge in [-0.05, 0) is 38.3 Å². The fourth-order valence-electron chi connectivity index (χ4n) is 3.28. The highest BCUT2D eigenvalue weighted by atomic mass is 16.3. The van der Waals surface area contributed by atoms with Crippen molar-refractivity contribution in [2.24, 2.45) is 0 Å². The number of aryl methyl sites for hydroxylation is 1. The van der Waals surface area contributed by atoms with Gasteiger partial charge in [0, 0.05) is 6.54 Å². The van der Waals surface area contributed by atoms with Crippen LogP contribution in [0.5, 0.6) is 0 Å². The molecule has 0 N–H and O–H groups in total. The van der Waals surface area contributed by atoms with Crippen molar-refractivity contribution in [2.75, 3.05) is 6.54 Å². The molecule has 1 aromatic rings. The second-order valence-electron chi connectivity index (χ2n) is 5.59. The molecule has 0 radical (unpaired) electrons. The minimum atomic E-state index is -0.345. The summed E-state index contributed by atoms with van der Waals surface area (Å²) in [6.45, 7) is 4.94. The fraction of sp³-hybridized carbons (Fsp3) is 0.600. The van der Waals surface area contributed by atoms with Crippen LogP contribution >= 0.6 is 0 Å². The second kappa shape index (κ2) is 4.96. The summed E-state index contributed by atoms with van der Waals surface area (Å²) in [6, 6.07) is 3.17. The van der Waals surface area contributed by atoms with Crippen molar-refractivity contribution in [1.29, 1.82) is 0 Å². The molecule has 2 saturated heterocycles. The van der Waals surface area contributed by atoms with Crippen LogP contribution in [0.25, 0.3) is 0 Å². The third kappa shape index (κ3) is 2.01. The third-order valence-electron chi connectivity index (χ3n) is 4.27. The molecule has 2 fully saturated rings. The van der Waals surface area contributed by atoms with Gasteiger partial charge in [-0.15, -0.1) is 0 Å². The van der Waals surface area contributed by atoms with Gasteiger partial charge in [-0.3, -0.25) is 9.59 Å². The van der Waals surface area contributed by atoms with Gasteiger partial charge in [0.1, 0.15) is 23.6 Å².